The van der Waals surface area contributed by atoms with Gasteiger partial charge >= 0.3 is 6.03 Å². The van der Waals surface area contributed by atoms with E-state index in [0.29, 0.717) is 17.9 Å². The van der Waals surface area contributed by atoms with Crippen LogP contribution in [0.15, 0.2) is 0 Å². The number of piperidine rings is 1. The van der Waals surface area contributed by atoms with E-state index in [-0.39, 0.29) is 12.6 Å². The van der Waals surface area contributed by atoms with Gasteiger partial charge in [0.1, 0.15) is 6.04 Å². The highest BCUT2D eigenvalue weighted by Gasteiger charge is 2.49. The molecular weight excluding hydrogens is 302 g/mol. The molecule has 2 aliphatic heterocycles. The van der Waals surface area contributed by atoms with Crippen LogP contribution in [-0.4, -0.2) is 57.6 Å². The Morgan fingerprint density at radius 3 is 2.45 bits per heavy atom. The second-order valence-corrected chi connectivity index (χ2v) is 5.97. The van der Waals surface area contributed by atoms with Crippen molar-refractivity contribution < 1.29 is 28.4 Å². The summed E-state index contributed by atoms with van der Waals surface area (Å²) in [6.45, 7) is 0.246. The van der Waals surface area contributed by atoms with Crippen LogP contribution < -0.4 is 10.9 Å². The lowest BCUT2D eigenvalue weighted by atomic mass is 9.81. The lowest BCUT2D eigenvalue weighted by molar-refractivity contribution is -0.152. The number of nitrogens with zero attached hydrogens (tertiary/aromatic N) is 2. The van der Waals surface area contributed by atoms with Crippen LogP contribution in [0, 0.1) is 5.92 Å². The number of amides is 4. The summed E-state index contributed by atoms with van der Waals surface area (Å²) in [7, 11) is 0. The Morgan fingerprint density at radius 2 is 1.82 bits per heavy atom. The summed E-state index contributed by atoms with van der Waals surface area (Å²) in [5, 5.41) is 10.1. The molecule has 4 amide bonds. The summed E-state index contributed by atoms with van der Waals surface area (Å²) in [5.41, 5.74) is 4.29. The maximum Gasteiger partial charge on any atom is 0.344 e. The normalized spacial score (nSPS) is 30.0. The Labute approximate surface area is 124 Å². The Morgan fingerprint density at radius 1 is 1.18 bits per heavy atom. The van der Waals surface area contributed by atoms with E-state index in [9.17, 15) is 28.4 Å². The number of halogens is 2. The van der Waals surface area contributed by atoms with Gasteiger partial charge in [0, 0.05) is 19.4 Å². The number of nitrogens with one attached hydrogen (secondary N) is 2. The van der Waals surface area contributed by atoms with E-state index < -0.39 is 48.6 Å². The van der Waals surface area contributed by atoms with Crippen molar-refractivity contribution in [2.24, 2.45) is 5.92 Å². The number of carbonyl (C=O) groups excluding carboxylic acids is 3. The van der Waals surface area contributed by atoms with Gasteiger partial charge in [-0.3, -0.25) is 25.6 Å². The van der Waals surface area contributed by atoms with Gasteiger partial charge in [-0.2, -0.15) is 0 Å². The third-order valence-electron chi connectivity index (χ3n) is 4.42. The molecule has 22 heavy (non-hydrogen) atoms. The van der Waals surface area contributed by atoms with E-state index in [2.05, 4.69) is 10.9 Å². The smallest absolute Gasteiger partial charge is 0.309 e. The largest absolute Gasteiger partial charge is 0.344 e. The maximum absolute atomic E-state index is 12.7. The summed E-state index contributed by atoms with van der Waals surface area (Å²) in [6, 6.07) is -1.75. The number of fused-ring (bicyclic) bond motifs is 2. The van der Waals surface area contributed by atoms with E-state index >= 15 is 0 Å². The molecule has 0 unspecified atom stereocenters. The summed E-state index contributed by atoms with van der Waals surface area (Å²) >= 11 is 0. The van der Waals surface area contributed by atoms with Crippen molar-refractivity contribution in [3.8, 4) is 0 Å². The van der Waals surface area contributed by atoms with Gasteiger partial charge in [0.2, 0.25) is 11.8 Å². The molecule has 0 aromatic carbocycles. The van der Waals surface area contributed by atoms with Crippen LogP contribution >= 0.6 is 0 Å². The van der Waals surface area contributed by atoms with Crippen molar-refractivity contribution in [1.82, 2.24) is 20.8 Å². The first-order valence-corrected chi connectivity index (χ1v) is 7.05. The van der Waals surface area contributed by atoms with Gasteiger partial charge in [0.05, 0.1) is 12.0 Å². The highest BCUT2D eigenvalue weighted by molar-refractivity contribution is 5.90. The fourth-order valence-electron chi connectivity index (χ4n) is 3.08. The molecule has 3 rings (SSSR count). The van der Waals surface area contributed by atoms with Crippen molar-refractivity contribution in [3.05, 3.63) is 0 Å². The Hall–Kier alpha value is -1.97. The minimum absolute atomic E-state index is 0.246. The molecular formula is C12H16F2N4O4. The number of carbonyl (C=O) groups is 3. The van der Waals surface area contributed by atoms with Crippen LogP contribution in [0.1, 0.15) is 25.7 Å². The molecule has 0 radical (unpaired) electrons. The molecule has 2 bridgehead atoms. The molecule has 0 spiro atoms. The van der Waals surface area contributed by atoms with Crippen molar-refractivity contribution in [2.45, 2.75) is 43.7 Å². The highest BCUT2D eigenvalue weighted by atomic mass is 19.3. The van der Waals surface area contributed by atoms with Crippen LogP contribution in [0.25, 0.3) is 0 Å². The molecule has 0 aromatic rings. The second kappa shape index (κ2) is 5.04. The van der Waals surface area contributed by atoms with Gasteiger partial charge in [-0.1, -0.05) is 0 Å². The van der Waals surface area contributed by atoms with E-state index in [1.165, 1.54) is 4.90 Å². The molecule has 122 valence electrons. The van der Waals surface area contributed by atoms with Gasteiger partial charge in [0.15, 0.2) is 0 Å². The molecule has 0 aromatic heterocycles. The van der Waals surface area contributed by atoms with E-state index in [1.54, 1.807) is 0 Å². The Bertz CT molecular complexity index is 521. The fourth-order valence-corrected chi connectivity index (χ4v) is 3.08. The second-order valence-electron chi connectivity index (χ2n) is 5.97. The molecule has 8 nitrogen and oxygen atoms in total. The van der Waals surface area contributed by atoms with Crippen LogP contribution in [0.3, 0.4) is 0 Å². The van der Waals surface area contributed by atoms with Crippen LogP contribution in [-0.2, 0) is 9.59 Å². The summed E-state index contributed by atoms with van der Waals surface area (Å²) < 4.78 is 25.4. The molecule has 2 saturated heterocycles. The maximum atomic E-state index is 12.7. The zero-order chi connectivity index (χ0) is 16.1. The van der Waals surface area contributed by atoms with E-state index in [4.69, 9.17) is 0 Å². The Balaban J connectivity index is 1.50. The van der Waals surface area contributed by atoms with Crippen LogP contribution in [0.2, 0.25) is 0 Å². The first-order valence-electron chi connectivity index (χ1n) is 7.05. The SMILES string of the molecule is O=C(NNC(=O)[C@@H]1CC[C@@H]2CN1C(=O)N2O)C1CC(F)(F)C1. The number of hydrazine groups is 1. The predicted molar refractivity (Wildman–Crippen MR) is 66.5 cm³/mol. The molecule has 1 saturated carbocycles. The number of hydroxylamine groups is 2. The van der Waals surface area contributed by atoms with Crippen LogP contribution in [0.5, 0.6) is 0 Å². The summed E-state index contributed by atoms with van der Waals surface area (Å²) in [5.74, 6) is -4.88. The van der Waals surface area contributed by atoms with Crippen molar-refractivity contribution in [3.63, 3.8) is 0 Å². The number of alkyl halides is 2. The average Bonchev–Trinajstić information content (AvgIpc) is 2.67. The molecule has 2 heterocycles. The highest BCUT2D eigenvalue weighted by Crippen LogP contribution is 2.42. The van der Waals surface area contributed by atoms with Gasteiger partial charge in [-0.05, 0) is 12.8 Å². The minimum atomic E-state index is -2.81. The van der Waals surface area contributed by atoms with Gasteiger partial charge in [-0.25, -0.2) is 18.6 Å². The lowest BCUT2D eigenvalue weighted by Crippen LogP contribution is -2.56. The molecule has 3 fully saturated rings. The standard InChI is InChI=1S/C12H16F2N4O4/c13-12(14)3-6(4-12)9(19)15-16-10(20)8-2-1-7-5-17(8)11(21)18(7)22/h6-8,22H,1-5H2,(H,15,19)(H,16,20)/t7-,8+/m1/s1. The number of urea groups is 1. The Kier molecular flexibility index (Phi) is 3.42. The van der Waals surface area contributed by atoms with Crippen molar-refractivity contribution in [2.75, 3.05) is 6.54 Å². The predicted octanol–water partition coefficient (Wildman–Crippen LogP) is -0.163. The van der Waals surface area contributed by atoms with Crippen molar-refractivity contribution in [1.29, 1.82) is 0 Å². The number of hydrogen-bond acceptors (Lipinski definition) is 4. The molecule has 10 heteroatoms. The third kappa shape index (κ3) is 2.47. The summed E-state index contributed by atoms with van der Waals surface area (Å²) in [4.78, 5) is 36.6. The fraction of sp³-hybridized carbons (Fsp3) is 0.750. The molecule has 1 aliphatic carbocycles. The molecule has 2 atom stereocenters. The topological polar surface area (TPSA) is 102 Å². The van der Waals surface area contributed by atoms with Gasteiger partial charge in [-0.15, -0.1) is 0 Å². The summed E-state index contributed by atoms with van der Waals surface area (Å²) in [6.07, 6.45) is -0.218. The first kappa shape index (κ1) is 14.9. The van der Waals surface area contributed by atoms with Gasteiger partial charge in [0.25, 0.3) is 5.91 Å². The average molecular weight is 318 g/mol. The van der Waals surface area contributed by atoms with Gasteiger partial charge < -0.3 is 4.90 Å². The quantitative estimate of drug-likeness (QED) is 0.486. The molecule has 3 N–H and O–H groups in total. The lowest BCUT2D eigenvalue weighted by Gasteiger charge is -2.34. The van der Waals surface area contributed by atoms with Crippen molar-refractivity contribution >= 4 is 17.8 Å². The monoisotopic (exact) mass is 318 g/mol. The van der Waals surface area contributed by atoms with E-state index in [0.717, 1.165) is 0 Å². The zero-order valence-electron chi connectivity index (χ0n) is 11.6. The zero-order valence-corrected chi connectivity index (χ0v) is 11.6. The van der Waals surface area contributed by atoms with E-state index in [1.807, 2.05) is 0 Å². The molecule has 3 aliphatic rings. The van der Waals surface area contributed by atoms with Crippen LogP contribution in [0.4, 0.5) is 13.6 Å². The third-order valence-corrected chi connectivity index (χ3v) is 4.42. The minimum Gasteiger partial charge on any atom is -0.309 e. The first-order chi connectivity index (χ1) is 10.3. The number of rotatable bonds is 2. The number of hydrogen-bond donors (Lipinski definition) is 3.